The number of phenols is 1. The predicted molar refractivity (Wildman–Crippen MR) is 113 cm³/mol. The van der Waals surface area contributed by atoms with Crippen LogP contribution >= 0.6 is 0 Å². The molecule has 1 atom stereocenters. The molecule has 0 saturated carbocycles. The Bertz CT molecular complexity index is 888. The van der Waals surface area contributed by atoms with Gasteiger partial charge in [0.15, 0.2) is 5.96 Å². The number of aromatic nitrogens is 2. The zero-order valence-corrected chi connectivity index (χ0v) is 16.3. The number of hydrogen-bond donors (Lipinski definition) is 3. The van der Waals surface area contributed by atoms with Crippen molar-refractivity contribution in [2.24, 2.45) is 4.99 Å². The van der Waals surface area contributed by atoms with Crippen LogP contribution in [0.5, 0.6) is 5.75 Å². The van der Waals surface area contributed by atoms with Crippen molar-refractivity contribution < 1.29 is 5.11 Å². The van der Waals surface area contributed by atoms with Gasteiger partial charge in [0.1, 0.15) is 5.75 Å². The molecule has 0 spiro atoms. The van der Waals surface area contributed by atoms with Gasteiger partial charge in [-0.2, -0.15) is 5.10 Å². The average molecular weight is 377 g/mol. The third kappa shape index (κ3) is 5.36. The Hall–Kier alpha value is -3.28. The maximum absolute atomic E-state index is 9.34. The fourth-order valence-corrected chi connectivity index (χ4v) is 3.00. The van der Waals surface area contributed by atoms with Crippen molar-refractivity contribution in [1.29, 1.82) is 0 Å². The summed E-state index contributed by atoms with van der Waals surface area (Å²) in [5.74, 6) is 1.08. The molecule has 6 heteroatoms. The number of aryl methyl sites for hydroxylation is 1. The molecule has 3 rings (SSSR count). The lowest BCUT2D eigenvalue weighted by Gasteiger charge is -2.19. The quantitative estimate of drug-likeness (QED) is 0.335. The summed E-state index contributed by atoms with van der Waals surface area (Å²) in [5.41, 5.74) is 3.42. The van der Waals surface area contributed by atoms with Gasteiger partial charge in [-0.15, -0.1) is 0 Å². The number of guanidine groups is 1. The first-order valence-corrected chi connectivity index (χ1v) is 9.51. The molecule has 2 aromatic carbocycles. The number of hydrogen-bond acceptors (Lipinski definition) is 3. The van der Waals surface area contributed by atoms with Gasteiger partial charge in [0, 0.05) is 26.0 Å². The number of aromatic hydroxyl groups is 1. The Morgan fingerprint density at radius 2 is 2.00 bits per heavy atom. The highest BCUT2D eigenvalue weighted by molar-refractivity contribution is 5.80. The van der Waals surface area contributed by atoms with Crippen molar-refractivity contribution in [3.8, 4) is 11.4 Å². The summed E-state index contributed by atoms with van der Waals surface area (Å²) in [6.45, 7) is 2.94. The third-order valence-electron chi connectivity index (χ3n) is 4.59. The predicted octanol–water partition coefficient (Wildman–Crippen LogP) is 3.44. The molecule has 1 unspecified atom stereocenters. The Morgan fingerprint density at radius 3 is 2.71 bits per heavy atom. The lowest BCUT2D eigenvalue weighted by Crippen LogP contribution is -2.39. The number of nitrogens with zero attached hydrogens (tertiary/aromatic N) is 3. The van der Waals surface area contributed by atoms with Crippen LogP contribution in [0.4, 0.5) is 0 Å². The van der Waals surface area contributed by atoms with E-state index in [1.165, 1.54) is 11.1 Å². The zero-order chi connectivity index (χ0) is 19.8. The molecule has 3 aromatic rings. The van der Waals surface area contributed by atoms with Crippen LogP contribution in [0.25, 0.3) is 5.69 Å². The van der Waals surface area contributed by atoms with Gasteiger partial charge in [-0.05, 0) is 61.2 Å². The highest BCUT2D eigenvalue weighted by atomic mass is 16.3. The van der Waals surface area contributed by atoms with Crippen LogP contribution in [0.3, 0.4) is 0 Å². The highest BCUT2D eigenvalue weighted by Crippen LogP contribution is 2.16. The van der Waals surface area contributed by atoms with E-state index in [1.807, 2.05) is 41.2 Å². The van der Waals surface area contributed by atoms with Crippen molar-refractivity contribution in [2.75, 3.05) is 13.6 Å². The number of phenolic OH excluding ortho intramolecular Hbond substituents is 1. The minimum atomic E-state index is 0.110. The molecule has 0 fully saturated rings. The van der Waals surface area contributed by atoms with Crippen molar-refractivity contribution >= 4 is 5.96 Å². The molecule has 0 aliphatic heterocycles. The molecule has 0 aliphatic carbocycles. The number of aliphatic imine (C=N–C) groups is 1. The number of rotatable bonds is 7. The first-order chi connectivity index (χ1) is 13.7. The third-order valence-corrected chi connectivity index (χ3v) is 4.59. The Morgan fingerprint density at radius 1 is 1.18 bits per heavy atom. The van der Waals surface area contributed by atoms with Crippen LogP contribution in [0.2, 0.25) is 0 Å². The van der Waals surface area contributed by atoms with Crippen LogP contribution in [-0.2, 0) is 6.42 Å². The maximum Gasteiger partial charge on any atom is 0.191 e. The summed E-state index contributed by atoms with van der Waals surface area (Å²) in [6, 6.07) is 17.7. The van der Waals surface area contributed by atoms with Gasteiger partial charge in [0.05, 0.1) is 11.7 Å². The van der Waals surface area contributed by atoms with E-state index in [9.17, 15) is 5.11 Å². The minimum absolute atomic E-state index is 0.110. The van der Waals surface area contributed by atoms with Crippen molar-refractivity contribution in [3.05, 3.63) is 78.1 Å². The Labute approximate surface area is 165 Å². The molecule has 146 valence electrons. The van der Waals surface area contributed by atoms with Gasteiger partial charge in [0.25, 0.3) is 0 Å². The first kappa shape index (κ1) is 19.5. The van der Waals surface area contributed by atoms with Gasteiger partial charge in [-0.3, -0.25) is 4.99 Å². The molecular weight excluding hydrogens is 350 g/mol. The topological polar surface area (TPSA) is 74.5 Å². The van der Waals surface area contributed by atoms with E-state index in [0.717, 1.165) is 31.0 Å². The molecule has 1 aromatic heterocycles. The second-order valence-electron chi connectivity index (χ2n) is 6.68. The van der Waals surface area contributed by atoms with Crippen molar-refractivity contribution in [2.45, 2.75) is 25.8 Å². The summed E-state index contributed by atoms with van der Waals surface area (Å²) in [4.78, 5) is 4.33. The smallest absolute Gasteiger partial charge is 0.191 e. The summed E-state index contributed by atoms with van der Waals surface area (Å²) in [7, 11) is 1.78. The summed E-state index contributed by atoms with van der Waals surface area (Å²) in [6.07, 6.45) is 5.64. The molecule has 0 saturated heterocycles. The molecule has 28 heavy (non-hydrogen) atoms. The van der Waals surface area contributed by atoms with E-state index in [2.05, 4.69) is 39.8 Å². The largest absolute Gasteiger partial charge is 0.508 e. The molecule has 0 radical (unpaired) electrons. The Balaban J connectivity index is 1.50. The van der Waals surface area contributed by atoms with E-state index >= 15 is 0 Å². The van der Waals surface area contributed by atoms with Gasteiger partial charge < -0.3 is 15.7 Å². The molecule has 3 N–H and O–H groups in total. The molecule has 1 heterocycles. The SMILES string of the molecule is CN=C(NCCCc1ccc(O)cc1)NC(C)c1cccc(-n2cccn2)c1. The molecule has 0 bridgehead atoms. The van der Waals surface area contributed by atoms with Crippen LogP contribution in [0, 0.1) is 0 Å². The van der Waals surface area contributed by atoms with Crippen LogP contribution in [-0.4, -0.2) is 34.4 Å². The van der Waals surface area contributed by atoms with E-state index < -0.39 is 0 Å². The number of nitrogens with one attached hydrogen (secondary N) is 2. The van der Waals surface area contributed by atoms with Crippen molar-refractivity contribution in [3.63, 3.8) is 0 Å². The fourth-order valence-electron chi connectivity index (χ4n) is 3.00. The number of benzene rings is 2. The van der Waals surface area contributed by atoms with Crippen molar-refractivity contribution in [1.82, 2.24) is 20.4 Å². The van der Waals surface area contributed by atoms with E-state index in [0.29, 0.717) is 5.75 Å². The van der Waals surface area contributed by atoms with Crippen LogP contribution in [0.1, 0.15) is 30.5 Å². The molecule has 0 aliphatic rings. The second-order valence-corrected chi connectivity index (χ2v) is 6.68. The lowest BCUT2D eigenvalue weighted by atomic mass is 10.1. The maximum atomic E-state index is 9.34. The lowest BCUT2D eigenvalue weighted by molar-refractivity contribution is 0.475. The summed E-state index contributed by atoms with van der Waals surface area (Å²) in [5, 5.41) is 20.4. The molecule has 0 amide bonds. The van der Waals surface area contributed by atoms with E-state index in [4.69, 9.17) is 0 Å². The van der Waals surface area contributed by atoms with Gasteiger partial charge in [0.2, 0.25) is 0 Å². The summed E-state index contributed by atoms with van der Waals surface area (Å²) < 4.78 is 1.85. The van der Waals surface area contributed by atoms with Gasteiger partial charge in [-0.25, -0.2) is 4.68 Å². The zero-order valence-electron chi connectivity index (χ0n) is 16.3. The van der Waals surface area contributed by atoms with E-state index in [1.54, 1.807) is 25.4 Å². The molecule has 6 nitrogen and oxygen atoms in total. The first-order valence-electron chi connectivity index (χ1n) is 9.51. The van der Waals surface area contributed by atoms with Gasteiger partial charge >= 0.3 is 0 Å². The standard InChI is InChI=1S/C22H27N5O/c1-17(19-7-3-8-20(16-19)27-15-5-14-25-27)26-22(23-2)24-13-4-6-18-9-11-21(28)12-10-18/h3,5,7-12,14-17,28H,4,6,13H2,1-2H3,(H2,23,24,26). The average Bonchev–Trinajstić information content (AvgIpc) is 3.26. The summed E-state index contributed by atoms with van der Waals surface area (Å²) >= 11 is 0. The molecular formula is C22H27N5O. The van der Waals surface area contributed by atoms with E-state index in [-0.39, 0.29) is 6.04 Å². The second kappa shape index (κ2) is 9.60. The highest BCUT2D eigenvalue weighted by Gasteiger charge is 2.09. The Kier molecular flexibility index (Phi) is 6.68. The normalized spacial score (nSPS) is 12.6. The fraction of sp³-hybridized carbons (Fsp3) is 0.273. The monoisotopic (exact) mass is 377 g/mol. The minimum Gasteiger partial charge on any atom is -0.508 e. The van der Waals surface area contributed by atoms with Gasteiger partial charge in [-0.1, -0.05) is 24.3 Å². The van der Waals surface area contributed by atoms with Crippen LogP contribution in [0.15, 0.2) is 72.0 Å². The van der Waals surface area contributed by atoms with Crippen LogP contribution < -0.4 is 10.6 Å².